The number of hydrogen-bond donors (Lipinski definition) is 1. The lowest BCUT2D eigenvalue weighted by Gasteiger charge is -2.22. The molecule has 17 heavy (non-hydrogen) atoms. The third-order valence-corrected chi connectivity index (χ3v) is 3.98. The first kappa shape index (κ1) is 13.1. The summed E-state index contributed by atoms with van der Waals surface area (Å²) in [6, 6.07) is 5.98. The van der Waals surface area contributed by atoms with Crippen LogP contribution in [0.15, 0.2) is 27.1 Å². The van der Waals surface area contributed by atoms with Gasteiger partial charge in [0.1, 0.15) is 0 Å². The molecule has 1 N–H and O–H groups in total. The van der Waals surface area contributed by atoms with Crippen LogP contribution in [0.5, 0.6) is 0 Å². The Labute approximate surface area is 118 Å². The van der Waals surface area contributed by atoms with Crippen LogP contribution in [0.2, 0.25) is 0 Å². The molecule has 0 radical (unpaired) electrons. The van der Waals surface area contributed by atoms with Crippen molar-refractivity contribution in [2.75, 3.05) is 0 Å². The van der Waals surface area contributed by atoms with Crippen LogP contribution in [0.3, 0.4) is 0 Å². The summed E-state index contributed by atoms with van der Waals surface area (Å²) in [5.41, 5.74) is 0.705. The van der Waals surface area contributed by atoms with Gasteiger partial charge in [-0.05, 0) is 31.0 Å². The lowest BCUT2D eigenvalue weighted by atomic mass is 9.95. The van der Waals surface area contributed by atoms with E-state index in [1.165, 1.54) is 19.3 Å². The van der Waals surface area contributed by atoms with E-state index < -0.39 is 0 Å². The van der Waals surface area contributed by atoms with E-state index in [0.29, 0.717) is 11.6 Å². The van der Waals surface area contributed by atoms with Gasteiger partial charge in [0.25, 0.3) is 5.91 Å². The number of rotatable bonds is 2. The molecule has 0 atom stereocenters. The average molecular weight is 361 g/mol. The zero-order valence-corrected chi connectivity index (χ0v) is 12.7. The van der Waals surface area contributed by atoms with Crippen LogP contribution < -0.4 is 5.32 Å². The highest BCUT2D eigenvalue weighted by Crippen LogP contribution is 2.21. The Morgan fingerprint density at radius 3 is 2.24 bits per heavy atom. The number of benzene rings is 1. The normalized spacial score (nSPS) is 16.8. The van der Waals surface area contributed by atoms with Gasteiger partial charge in [0.05, 0.1) is 0 Å². The summed E-state index contributed by atoms with van der Waals surface area (Å²) in [6.07, 6.45) is 5.98. The molecular weight excluding hydrogens is 346 g/mol. The number of carbonyl (C=O) groups is 1. The second-order valence-corrected chi connectivity index (χ2v) is 6.30. The molecule has 0 bridgehead atoms. The summed E-state index contributed by atoms with van der Waals surface area (Å²) in [5, 5.41) is 3.11. The van der Waals surface area contributed by atoms with Gasteiger partial charge in [-0.3, -0.25) is 4.79 Å². The Morgan fingerprint density at radius 1 is 1.06 bits per heavy atom. The predicted molar refractivity (Wildman–Crippen MR) is 76.2 cm³/mol. The third kappa shape index (κ3) is 3.81. The average Bonchev–Trinajstić information content (AvgIpc) is 2.29. The fourth-order valence-electron chi connectivity index (χ4n) is 2.20. The van der Waals surface area contributed by atoms with Gasteiger partial charge in [-0.15, -0.1) is 0 Å². The van der Waals surface area contributed by atoms with E-state index in [1.54, 1.807) is 0 Å². The Hall–Kier alpha value is -0.350. The van der Waals surface area contributed by atoms with Gasteiger partial charge in [0.15, 0.2) is 0 Å². The van der Waals surface area contributed by atoms with Crippen molar-refractivity contribution in [1.82, 2.24) is 5.32 Å². The van der Waals surface area contributed by atoms with Crippen LogP contribution in [0.1, 0.15) is 42.5 Å². The largest absolute Gasteiger partial charge is 0.349 e. The Bertz CT molecular complexity index is 394. The molecule has 1 aliphatic rings. The maximum Gasteiger partial charge on any atom is 0.251 e. The molecule has 4 heteroatoms. The van der Waals surface area contributed by atoms with Gasteiger partial charge in [-0.1, -0.05) is 51.1 Å². The van der Waals surface area contributed by atoms with E-state index >= 15 is 0 Å². The summed E-state index contributed by atoms with van der Waals surface area (Å²) in [7, 11) is 0. The van der Waals surface area contributed by atoms with E-state index in [1.807, 2.05) is 18.2 Å². The van der Waals surface area contributed by atoms with Crippen molar-refractivity contribution in [3.05, 3.63) is 32.7 Å². The van der Waals surface area contributed by atoms with Crippen molar-refractivity contribution < 1.29 is 4.79 Å². The van der Waals surface area contributed by atoms with Crippen molar-refractivity contribution in [2.24, 2.45) is 0 Å². The molecule has 1 fully saturated rings. The van der Waals surface area contributed by atoms with Crippen molar-refractivity contribution in [3.8, 4) is 0 Å². The van der Waals surface area contributed by atoms with Gasteiger partial charge in [0, 0.05) is 20.6 Å². The van der Waals surface area contributed by atoms with Gasteiger partial charge in [0.2, 0.25) is 0 Å². The van der Waals surface area contributed by atoms with Crippen LogP contribution >= 0.6 is 31.9 Å². The van der Waals surface area contributed by atoms with Crippen LogP contribution in [0, 0.1) is 0 Å². The molecule has 1 amide bonds. The van der Waals surface area contributed by atoms with Crippen LogP contribution in [0.4, 0.5) is 0 Å². The second kappa shape index (κ2) is 6.01. The van der Waals surface area contributed by atoms with E-state index in [4.69, 9.17) is 0 Å². The Balaban J connectivity index is 2.03. The van der Waals surface area contributed by atoms with Gasteiger partial charge >= 0.3 is 0 Å². The monoisotopic (exact) mass is 359 g/mol. The molecule has 1 aromatic rings. The number of nitrogens with one attached hydrogen (secondary N) is 1. The fraction of sp³-hybridized carbons (Fsp3) is 0.462. The van der Waals surface area contributed by atoms with E-state index in [-0.39, 0.29) is 5.91 Å². The summed E-state index contributed by atoms with van der Waals surface area (Å²) in [4.78, 5) is 12.1. The highest BCUT2D eigenvalue weighted by atomic mass is 79.9. The third-order valence-electron chi connectivity index (χ3n) is 3.07. The maximum atomic E-state index is 12.1. The minimum Gasteiger partial charge on any atom is -0.349 e. The predicted octanol–water partition coefficient (Wildman–Crippen LogP) is 4.27. The molecule has 1 aliphatic carbocycles. The first-order chi connectivity index (χ1) is 8.15. The highest BCUT2D eigenvalue weighted by Gasteiger charge is 2.16. The van der Waals surface area contributed by atoms with Crippen molar-refractivity contribution in [3.63, 3.8) is 0 Å². The molecule has 92 valence electrons. The molecule has 0 heterocycles. The standard InChI is InChI=1S/C13H15Br2NO/c14-10-6-9(7-11(15)8-10)13(17)16-12-4-2-1-3-5-12/h6-8,12H,1-5H2,(H,16,17). The molecule has 0 aliphatic heterocycles. The van der Waals surface area contributed by atoms with Crippen LogP contribution in [-0.4, -0.2) is 11.9 Å². The lowest BCUT2D eigenvalue weighted by Crippen LogP contribution is -2.36. The molecule has 2 rings (SSSR count). The molecule has 2 nitrogen and oxygen atoms in total. The van der Waals surface area contributed by atoms with E-state index in [0.717, 1.165) is 21.8 Å². The van der Waals surface area contributed by atoms with Crippen LogP contribution in [0.25, 0.3) is 0 Å². The summed E-state index contributed by atoms with van der Waals surface area (Å²) in [6.45, 7) is 0. The number of hydrogen-bond acceptors (Lipinski definition) is 1. The zero-order chi connectivity index (χ0) is 12.3. The van der Waals surface area contributed by atoms with Crippen molar-refractivity contribution in [2.45, 2.75) is 38.1 Å². The molecule has 0 aromatic heterocycles. The SMILES string of the molecule is O=C(NC1CCCCC1)c1cc(Br)cc(Br)c1. The highest BCUT2D eigenvalue weighted by molar-refractivity contribution is 9.11. The summed E-state index contributed by atoms with van der Waals surface area (Å²) in [5.74, 6) is 0.0268. The van der Waals surface area contributed by atoms with Gasteiger partial charge in [-0.25, -0.2) is 0 Å². The van der Waals surface area contributed by atoms with E-state index in [9.17, 15) is 4.79 Å². The van der Waals surface area contributed by atoms with Gasteiger partial charge < -0.3 is 5.32 Å². The minimum atomic E-state index is 0.0268. The van der Waals surface area contributed by atoms with Crippen molar-refractivity contribution in [1.29, 1.82) is 0 Å². The minimum absolute atomic E-state index is 0.0268. The molecule has 0 unspecified atom stereocenters. The summed E-state index contributed by atoms with van der Waals surface area (Å²) < 4.78 is 1.83. The lowest BCUT2D eigenvalue weighted by molar-refractivity contribution is 0.0927. The molecule has 0 spiro atoms. The molecular formula is C13H15Br2NO. The fourth-order valence-corrected chi connectivity index (χ4v) is 3.49. The Kier molecular flexibility index (Phi) is 4.62. The van der Waals surface area contributed by atoms with Crippen molar-refractivity contribution >= 4 is 37.8 Å². The van der Waals surface area contributed by atoms with Crippen LogP contribution in [-0.2, 0) is 0 Å². The number of carbonyl (C=O) groups excluding carboxylic acids is 1. The molecule has 0 saturated heterocycles. The molecule has 1 aromatic carbocycles. The number of halogens is 2. The molecule has 1 saturated carbocycles. The zero-order valence-electron chi connectivity index (χ0n) is 9.51. The first-order valence-corrected chi connectivity index (χ1v) is 7.51. The smallest absolute Gasteiger partial charge is 0.251 e. The summed E-state index contributed by atoms with van der Waals surface area (Å²) >= 11 is 6.79. The van der Waals surface area contributed by atoms with Gasteiger partial charge in [-0.2, -0.15) is 0 Å². The maximum absolute atomic E-state index is 12.1. The number of amides is 1. The second-order valence-electron chi connectivity index (χ2n) is 4.47. The first-order valence-electron chi connectivity index (χ1n) is 5.92. The topological polar surface area (TPSA) is 29.1 Å². The Morgan fingerprint density at radius 2 is 1.65 bits per heavy atom. The van der Waals surface area contributed by atoms with E-state index in [2.05, 4.69) is 37.2 Å². The quantitative estimate of drug-likeness (QED) is 0.838.